The van der Waals surface area contributed by atoms with Gasteiger partial charge in [0.15, 0.2) is 0 Å². The number of hydrogen-bond acceptors (Lipinski definition) is 3. The third-order valence-electron chi connectivity index (χ3n) is 6.87. The van der Waals surface area contributed by atoms with E-state index in [0.717, 1.165) is 32.1 Å². The van der Waals surface area contributed by atoms with Crippen LogP contribution in [0.4, 0.5) is 4.79 Å². The van der Waals surface area contributed by atoms with Gasteiger partial charge in [-0.3, -0.25) is 0 Å². The van der Waals surface area contributed by atoms with Crippen molar-refractivity contribution in [1.82, 2.24) is 0 Å². The minimum absolute atomic E-state index is 0.119. The second-order valence-electron chi connectivity index (χ2n) is 7.83. The Morgan fingerprint density at radius 2 is 2.13 bits per heavy atom. The van der Waals surface area contributed by atoms with Crippen LogP contribution in [-0.2, 0) is 6.42 Å². The van der Waals surface area contributed by atoms with Gasteiger partial charge in [-0.15, -0.1) is 0 Å². The summed E-state index contributed by atoms with van der Waals surface area (Å²) in [7, 11) is 0. The molecule has 1 aromatic rings. The number of aliphatic hydroxyl groups is 1. The zero-order valence-corrected chi connectivity index (χ0v) is 13.6. The number of hydrogen-bond donors (Lipinski definition) is 2. The highest BCUT2D eigenvalue weighted by atomic mass is 16.5. The largest absolute Gasteiger partial charge is 0.410 e. The Balaban J connectivity index is 1.63. The molecule has 0 bridgehead atoms. The van der Waals surface area contributed by atoms with Gasteiger partial charge in [-0.05, 0) is 85.0 Å². The third-order valence-corrected chi connectivity index (χ3v) is 6.87. The predicted octanol–water partition coefficient (Wildman–Crippen LogP) is 3.36. The van der Waals surface area contributed by atoms with Crippen LogP contribution >= 0.6 is 0 Å². The van der Waals surface area contributed by atoms with Crippen LogP contribution in [0.25, 0.3) is 0 Å². The molecule has 0 spiro atoms. The molecule has 0 radical (unpaired) electrons. The number of benzene rings is 1. The normalized spacial score (nSPS) is 38.3. The molecular formula is C19H25NO3. The summed E-state index contributed by atoms with van der Waals surface area (Å²) >= 11 is 0. The first-order valence-corrected chi connectivity index (χ1v) is 8.77. The average Bonchev–Trinajstić information content (AvgIpc) is 2.82. The Labute approximate surface area is 137 Å². The monoisotopic (exact) mass is 315 g/mol. The van der Waals surface area contributed by atoms with Gasteiger partial charge >= 0.3 is 6.09 Å². The summed E-state index contributed by atoms with van der Waals surface area (Å²) in [6, 6.07) is 5.97. The standard InChI is InChI=1S/C19H25NO3/c1-19-9-8-14-13-5-3-12(23-18(20)22)10-11(13)2-4-15(14)16(19)6-7-17(19)21/h3,5,10,14-17,21H,2,4,6-9H2,1H3,(H2,20,22)/t14-,15-,16+,17+,19+/m1/s1. The maximum Gasteiger partial charge on any atom is 0.409 e. The van der Waals surface area contributed by atoms with Crippen molar-refractivity contribution in [2.75, 3.05) is 0 Å². The van der Waals surface area contributed by atoms with Crippen LogP contribution in [0.5, 0.6) is 5.75 Å². The van der Waals surface area contributed by atoms with Crippen LogP contribution in [0.1, 0.15) is 56.1 Å². The number of aryl methyl sites for hydroxylation is 1. The molecular weight excluding hydrogens is 290 g/mol. The fourth-order valence-electron chi connectivity index (χ4n) is 5.71. The molecule has 3 N–H and O–H groups in total. The molecule has 0 aliphatic heterocycles. The van der Waals surface area contributed by atoms with Gasteiger partial charge in [0.2, 0.25) is 0 Å². The smallest absolute Gasteiger partial charge is 0.409 e. The van der Waals surface area contributed by atoms with E-state index in [0.29, 0.717) is 23.5 Å². The topological polar surface area (TPSA) is 72.5 Å². The molecule has 0 aromatic heterocycles. The van der Waals surface area contributed by atoms with Crippen molar-refractivity contribution in [3.63, 3.8) is 0 Å². The van der Waals surface area contributed by atoms with Crippen molar-refractivity contribution in [3.05, 3.63) is 29.3 Å². The van der Waals surface area contributed by atoms with E-state index < -0.39 is 6.09 Å². The van der Waals surface area contributed by atoms with E-state index >= 15 is 0 Å². The molecule has 0 unspecified atom stereocenters. The van der Waals surface area contributed by atoms with E-state index in [9.17, 15) is 9.90 Å². The van der Waals surface area contributed by atoms with E-state index in [1.54, 1.807) is 0 Å². The van der Waals surface area contributed by atoms with Gasteiger partial charge in [0.05, 0.1) is 6.10 Å². The van der Waals surface area contributed by atoms with Crippen molar-refractivity contribution in [3.8, 4) is 5.75 Å². The lowest BCUT2D eigenvalue weighted by atomic mass is 9.55. The van der Waals surface area contributed by atoms with Gasteiger partial charge < -0.3 is 15.6 Å². The Hall–Kier alpha value is -1.55. The number of ether oxygens (including phenoxy) is 1. The van der Waals surface area contributed by atoms with Gasteiger partial charge in [-0.2, -0.15) is 0 Å². The molecule has 3 aliphatic carbocycles. The van der Waals surface area contributed by atoms with Crippen LogP contribution in [0.3, 0.4) is 0 Å². The number of nitrogens with two attached hydrogens (primary N) is 1. The molecule has 124 valence electrons. The Morgan fingerprint density at radius 1 is 1.30 bits per heavy atom. The average molecular weight is 315 g/mol. The first-order chi connectivity index (χ1) is 11.0. The molecule has 3 aliphatic rings. The van der Waals surface area contributed by atoms with E-state index in [4.69, 9.17) is 10.5 Å². The first-order valence-electron chi connectivity index (χ1n) is 8.77. The van der Waals surface area contributed by atoms with Crippen LogP contribution in [0, 0.1) is 17.3 Å². The van der Waals surface area contributed by atoms with Crippen LogP contribution in [0.2, 0.25) is 0 Å². The number of carbonyl (C=O) groups is 1. The molecule has 2 saturated carbocycles. The lowest BCUT2D eigenvalue weighted by Gasteiger charge is -2.50. The summed E-state index contributed by atoms with van der Waals surface area (Å²) in [5.41, 5.74) is 7.94. The zero-order chi connectivity index (χ0) is 16.2. The van der Waals surface area contributed by atoms with E-state index in [1.807, 2.05) is 12.1 Å². The van der Waals surface area contributed by atoms with E-state index in [-0.39, 0.29) is 11.5 Å². The number of amides is 1. The summed E-state index contributed by atoms with van der Waals surface area (Å²) in [4.78, 5) is 10.9. The SMILES string of the molecule is C[C@]12CC[C@@H]3c4ccc(OC(N)=O)cc4CC[C@H]3[C@@H]1CC[C@@H]2O. The fraction of sp³-hybridized carbons (Fsp3) is 0.632. The molecule has 4 nitrogen and oxygen atoms in total. The second-order valence-corrected chi connectivity index (χ2v) is 7.83. The van der Waals surface area contributed by atoms with Crippen LogP contribution < -0.4 is 10.5 Å². The Kier molecular flexibility index (Phi) is 3.41. The summed E-state index contributed by atoms with van der Waals surface area (Å²) < 4.78 is 5.02. The minimum atomic E-state index is -0.757. The van der Waals surface area contributed by atoms with E-state index in [2.05, 4.69) is 13.0 Å². The maximum atomic E-state index is 10.9. The van der Waals surface area contributed by atoms with Crippen molar-refractivity contribution in [2.24, 2.45) is 23.0 Å². The van der Waals surface area contributed by atoms with Crippen molar-refractivity contribution < 1.29 is 14.6 Å². The molecule has 0 heterocycles. The van der Waals surface area contributed by atoms with Gasteiger partial charge in [0, 0.05) is 0 Å². The molecule has 1 aromatic carbocycles. The molecule has 23 heavy (non-hydrogen) atoms. The third kappa shape index (κ3) is 2.26. The number of carbonyl (C=O) groups excluding carboxylic acids is 1. The van der Waals surface area contributed by atoms with Crippen LogP contribution in [-0.4, -0.2) is 17.3 Å². The molecule has 2 fully saturated rings. The van der Waals surface area contributed by atoms with Gasteiger partial charge in [-0.25, -0.2) is 4.79 Å². The Bertz CT molecular complexity index is 644. The summed E-state index contributed by atoms with van der Waals surface area (Å²) in [6.07, 6.45) is 5.70. The number of primary amides is 1. The molecule has 4 heteroatoms. The number of rotatable bonds is 1. The first kappa shape index (κ1) is 15.0. The van der Waals surface area contributed by atoms with Gasteiger partial charge in [0.25, 0.3) is 0 Å². The highest BCUT2D eigenvalue weighted by Gasteiger charge is 2.54. The summed E-state index contributed by atoms with van der Waals surface area (Å²) in [5, 5.41) is 10.4. The lowest BCUT2D eigenvalue weighted by Crippen LogP contribution is -2.43. The molecule has 5 atom stereocenters. The van der Waals surface area contributed by atoms with Crippen molar-refractivity contribution in [2.45, 2.75) is 57.5 Å². The minimum Gasteiger partial charge on any atom is -0.410 e. The fourth-order valence-corrected chi connectivity index (χ4v) is 5.71. The highest BCUT2D eigenvalue weighted by Crippen LogP contribution is 2.60. The summed E-state index contributed by atoms with van der Waals surface area (Å²) in [5.74, 6) is 2.46. The highest BCUT2D eigenvalue weighted by molar-refractivity contribution is 5.68. The zero-order valence-electron chi connectivity index (χ0n) is 13.6. The Morgan fingerprint density at radius 3 is 2.91 bits per heavy atom. The van der Waals surface area contributed by atoms with Crippen molar-refractivity contribution >= 4 is 6.09 Å². The lowest BCUT2D eigenvalue weighted by molar-refractivity contribution is -0.0226. The van der Waals surface area contributed by atoms with Gasteiger partial charge in [-0.1, -0.05) is 13.0 Å². The van der Waals surface area contributed by atoms with Gasteiger partial charge in [0.1, 0.15) is 5.75 Å². The maximum absolute atomic E-state index is 10.9. The van der Waals surface area contributed by atoms with Crippen molar-refractivity contribution in [1.29, 1.82) is 0 Å². The number of fused-ring (bicyclic) bond motifs is 5. The molecule has 0 saturated heterocycles. The summed E-state index contributed by atoms with van der Waals surface area (Å²) in [6.45, 7) is 2.30. The predicted molar refractivity (Wildman–Crippen MR) is 87.3 cm³/mol. The van der Waals surface area contributed by atoms with Crippen LogP contribution in [0.15, 0.2) is 18.2 Å². The quantitative estimate of drug-likeness (QED) is 0.834. The van der Waals surface area contributed by atoms with E-state index in [1.165, 1.54) is 17.5 Å². The molecule has 4 rings (SSSR count). The number of aliphatic hydroxyl groups excluding tert-OH is 1. The second kappa shape index (κ2) is 5.23. The molecule has 1 amide bonds.